The summed E-state index contributed by atoms with van der Waals surface area (Å²) in [5.74, 6) is 0.810. The van der Waals surface area contributed by atoms with Crippen molar-refractivity contribution in [2.24, 2.45) is 5.10 Å². The van der Waals surface area contributed by atoms with Gasteiger partial charge in [0.25, 0.3) is 0 Å². The van der Waals surface area contributed by atoms with Crippen LogP contribution in [0, 0.1) is 0 Å². The van der Waals surface area contributed by atoms with Crippen LogP contribution >= 0.6 is 27.3 Å². The monoisotopic (exact) mass is 463 g/mol. The maximum Gasteiger partial charge on any atom is 0.203 e. The molecule has 4 rings (SSSR count). The van der Waals surface area contributed by atoms with Crippen molar-refractivity contribution in [3.8, 4) is 17.0 Å². The zero-order valence-corrected chi connectivity index (χ0v) is 17.9. The van der Waals surface area contributed by atoms with Crippen LogP contribution in [-0.2, 0) is 6.61 Å². The maximum absolute atomic E-state index is 5.86. The molecule has 0 spiro atoms. The van der Waals surface area contributed by atoms with Crippen molar-refractivity contribution in [2.45, 2.75) is 6.61 Å². The van der Waals surface area contributed by atoms with Crippen LogP contribution in [-0.4, -0.2) is 11.2 Å². The summed E-state index contributed by atoms with van der Waals surface area (Å²) < 4.78 is 6.91. The zero-order valence-electron chi connectivity index (χ0n) is 15.5. The average Bonchev–Trinajstić information content (AvgIpc) is 3.23. The molecule has 0 atom stereocenters. The number of hydrogen-bond acceptors (Lipinski definition) is 5. The molecule has 1 heterocycles. The van der Waals surface area contributed by atoms with Crippen molar-refractivity contribution in [3.05, 3.63) is 99.8 Å². The Kier molecular flexibility index (Phi) is 6.34. The van der Waals surface area contributed by atoms with Crippen molar-refractivity contribution in [1.82, 2.24) is 4.98 Å². The first-order valence-corrected chi connectivity index (χ1v) is 10.7. The van der Waals surface area contributed by atoms with E-state index in [0.29, 0.717) is 6.61 Å². The molecule has 0 aliphatic heterocycles. The molecule has 29 heavy (non-hydrogen) atoms. The molecule has 0 aliphatic rings. The van der Waals surface area contributed by atoms with Crippen molar-refractivity contribution in [3.63, 3.8) is 0 Å². The van der Waals surface area contributed by atoms with Crippen molar-refractivity contribution < 1.29 is 4.74 Å². The fourth-order valence-electron chi connectivity index (χ4n) is 2.67. The van der Waals surface area contributed by atoms with Crippen LogP contribution in [0.25, 0.3) is 11.3 Å². The van der Waals surface area contributed by atoms with Gasteiger partial charge in [-0.15, -0.1) is 11.3 Å². The van der Waals surface area contributed by atoms with Gasteiger partial charge in [0.2, 0.25) is 5.13 Å². The summed E-state index contributed by atoms with van der Waals surface area (Å²) in [5, 5.41) is 7.06. The van der Waals surface area contributed by atoms with Crippen LogP contribution in [0.4, 0.5) is 5.13 Å². The van der Waals surface area contributed by atoms with E-state index < -0.39 is 0 Å². The number of thiazole rings is 1. The smallest absolute Gasteiger partial charge is 0.203 e. The van der Waals surface area contributed by atoms with Gasteiger partial charge in [0.1, 0.15) is 12.4 Å². The summed E-state index contributed by atoms with van der Waals surface area (Å²) in [5.41, 5.74) is 7.09. The second kappa shape index (κ2) is 9.49. The molecule has 0 radical (unpaired) electrons. The quantitative estimate of drug-likeness (QED) is 0.248. The minimum atomic E-state index is 0.539. The highest BCUT2D eigenvalue weighted by Crippen LogP contribution is 2.26. The highest BCUT2D eigenvalue weighted by atomic mass is 79.9. The molecular formula is C23H18BrN3OS. The number of nitrogens with zero attached hydrogens (tertiary/aromatic N) is 2. The van der Waals surface area contributed by atoms with Gasteiger partial charge in [0, 0.05) is 15.4 Å². The van der Waals surface area contributed by atoms with Crippen LogP contribution in [0.15, 0.2) is 93.8 Å². The summed E-state index contributed by atoms with van der Waals surface area (Å²) in [4.78, 5) is 4.58. The molecule has 1 N–H and O–H groups in total. The molecule has 0 fully saturated rings. The first kappa shape index (κ1) is 19.4. The van der Waals surface area contributed by atoms with Gasteiger partial charge in [-0.1, -0.05) is 70.5 Å². The number of ether oxygens (including phenoxy) is 1. The van der Waals surface area contributed by atoms with Crippen LogP contribution in [0.5, 0.6) is 5.75 Å². The van der Waals surface area contributed by atoms with Crippen LogP contribution < -0.4 is 10.2 Å². The highest BCUT2D eigenvalue weighted by Gasteiger charge is 2.04. The van der Waals surface area contributed by atoms with Gasteiger partial charge in [-0.3, -0.25) is 5.43 Å². The Morgan fingerprint density at radius 1 is 1.00 bits per heavy atom. The molecule has 6 heteroatoms. The lowest BCUT2D eigenvalue weighted by Crippen LogP contribution is -1.96. The predicted octanol–water partition coefficient (Wildman–Crippen LogP) is 6.60. The van der Waals surface area contributed by atoms with E-state index in [1.54, 1.807) is 6.21 Å². The molecule has 0 saturated heterocycles. The molecular weight excluding hydrogens is 446 g/mol. The number of hydrazone groups is 1. The molecule has 0 aliphatic carbocycles. The van der Waals surface area contributed by atoms with E-state index in [4.69, 9.17) is 4.74 Å². The van der Waals surface area contributed by atoms with Crippen molar-refractivity contribution in [1.29, 1.82) is 0 Å². The maximum atomic E-state index is 5.86. The molecule has 0 amide bonds. The second-order valence-electron chi connectivity index (χ2n) is 6.26. The normalized spacial score (nSPS) is 10.9. The van der Waals surface area contributed by atoms with Gasteiger partial charge in [-0.05, 0) is 35.4 Å². The fraction of sp³-hybridized carbons (Fsp3) is 0.0435. The predicted molar refractivity (Wildman–Crippen MR) is 124 cm³/mol. The molecule has 4 nitrogen and oxygen atoms in total. The van der Waals surface area contributed by atoms with Crippen LogP contribution in [0.2, 0.25) is 0 Å². The largest absolute Gasteiger partial charge is 0.489 e. The molecule has 1 aromatic heterocycles. The van der Waals surface area contributed by atoms with E-state index in [0.717, 1.165) is 37.7 Å². The van der Waals surface area contributed by atoms with Gasteiger partial charge >= 0.3 is 0 Å². The van der Waals surface area contributed by atoms with E-state index in [2.05, 4.69) is 31.4 Å². The van der Waals surface area contributed by atoms with E-state index in [-0.39, 0.29) is 0 Å². The number of rotatable bonds is 7. The minimum Gasteiger partial charge on any atom is -0.489 e. The number of anilines is 1. The highest BCUT2D eigenvalue weighted by molar-refractivity contribution is 9.10. The van der Waals surface area contributed by atoms with Crippen molar-refractivity contribution >= 4 is 38.6 Å². The Bertz CT molecular complexity index is 1090. The standard InChI is InChI=1S/C23H18BrN3OS/c24-20-11-9-19(10-12-20)22-16-29-23(26-22)27-25-14-18-7-4-8-21(13-18)28-15-17-5-2-1-3-6-17/h1-14,16H,15H2,(H,26,27)/b25-14+. The van der Waals surface area contributed by atoms with E-state index in [1.807, 2.05) is 84.2 Å². The van der Waals surface area contributed by atoms with Gasteiger partial charge in [-0.25, -0.2) is 4.98 Å². The topological polar surface area (TPSA) is 46.5 Å². The van der Waals surface area contributed by atoms with Gasteiger partial charge in [0.05, 0.1) is 11.9 Å². The Balaban J connectivity index is 1.35. The van der Waals surface area contributed by atoms with Crippen LogP contribution in [0.1, 0.15) is 11.1 Å². The van der Waals surface area contributed by atoms with Crippen LogP contribution in [0.3, 0.4) is 0 Å². The molecule has 0 saturated carbocycles. The second-order valence-corrected chi connectivity index (χ2v) is 8.04. The number of nitrogens with one attached hydrogen (secondary N) is 1. The Morgan fingerprint density at radius 3 is 2.66 bits per heavy atom. The molecule has 4 aromatic rings. The van der Waals surface area contributed by atoms with Gasteiger partial charge < -0.3 is 4.74 Å². The van der Waals surface area contributed by atoms with Crippen molar-refractivity contribution in [2.75, 3.05) is 5.43 Å². The first-order chi connectivity index (χ1) is 14.3. The van der Waals surface area contributed by atoms with Gasteiger partial charge in [-0.2, -0.15) is 5.10 Å². The lowest BCUT2D eigenvalue weighted by atomic mass is 10.2. The summed E-state index contributed by atoms with van der Waals surface area (Å²) in [6, 6.07) is 26.0. The number of aromatic nitrogens is 1. The van der Waals surface area contributed by atoms with E-state index in [9.17, 15) is 0 Å². The first-order valence-electron chi connectivity index (χ1n) is 9.03. The number of halogens is 1. The lowest BCUT2D eigenvalue weighted by molar-refractivity contribution is 0.306. The molecule has 3 aromatic carbocycles. The fourth-order valence-corrected chi connectivity index (χ4v) is 3.60. The third-order valence-corrected chi connectivity index (χ3v) is 5.40. The summed E-state index contributed by atoms with van der Waals surface area (Å²) in [6.45, 7) is 0.539. The Hall–Kier alpha value is -2.96. The summed E-state index contributed by atoms with van der Waals surface area (Å²) >= 11 is 4.97. The SMILES string of the molecule is Brc1ccc(-c2csc(N/N=C/c3cccc(OCc4ccccc4)c3)n2)cc1. The number of benzene rings is 3. The molecule has 144 valence electrons. The van der Waals surface area contributed by atoms with E-state index in [1.165, 1.54) is 11.3 Å². The Morgan fingerprint density at radius 2 is 1.83 bits per heavy atom. The third kappa shape index (κ3) is 5.53. The summed E-state index contributed by atoms with van der Waals surface area (Å²) in [7, 11) is 0. The zero-order chi connectivity index (χ0) is 19.9. The minimum absolute atomic E-state index is 0.539. The Labute approximate surface area is 182 Å². The third-order valence-electron chi connectivity index (χ3n) is 4.12. The average molecular weight is 464 g/mol. The van der Waals surface area contributed by atoms with E-state index >= 15 is 0 Å². The molecule has 0 bridgehead atoms. The summed E-state index contributed by atoms with van der Waals surface area (Å²) in [6.07, 6.45) is 1.76. The molecule has 0 unspecified atom stereocenters. The lowest BCUT2D eigenvalue weighted by Gasteiger charge is -2.06. The van der Waals surface area contributed by atoms with Gasteiger partial charge in [0.15, 0.2) is 0 Å². The number of hydrogen-bond donors (Lipinski definition) is 1.